The summed E-state index contributed by atoms with van der Waals surface area (Å²) in [7, 11) is -3.26. The number of piperidine rings is 1. The summed E-state index contributed by atoms with van der Waals surface area (Å²) in [6.07, 6.45) is 3.53. The van der Waals surface area contributed by atoms with Crippen LogP contribution in [0.4, 0.5) is 0 Å². The molecule has 1 unspecified atom stereocenters. The van der Waals surface area contributed by atoms with Crippen LogP contribution in [0.15, 0.2) is 24.3 Å². The van der Waals surface area contributed by atoms with Gasteiger partial charge >= 0.3 is 0 Å². The third-order valence-electron chi connectivity index (χ3n) is 4.27. The summed E-state index contributed by atoms with van der Waals surface area (Å²) in [5.41, 5.74) is 1.03. The van der Waals surface area contributed by atoms with Crippen molar-refractivity contribution in [2.75, 3.05) is 25.4 Å². The molecule has 0 spiro atoms. The number of halogens is 1. The van der Waals surface area contributed by atoms with Crippen LogP contribution in [0.3, 0.4) is 0 Å². The molecule has 0 aromatic heterocycles. The maximum absolute atomic E-state index is 12.2. The first-order chi connectivity index (χ1) is 11.4. The van der Waals surface area contributed by atoms with E-state index in [-0.39, 0.29) is 24.1 Å². The first-order valence-electron chi connectivity index (χ1n) is 8.38. The van der Waals surface area contributed by atoms with Crippen LogP contribution in [-0.2, 0) is 21.2 Å². The van der Waals surface area contributed by atoms with Gasteiger partial charge in [-0.3, -0.25) is 4.79 Å². The van der Waals surface area contributed by atoms with Crippen molar-refractivity contribution in [1.82, 2.24) is 9.62 Å². The molecule has 24 heavy (non-hydrogen) atoms. The minimum absolute atomic E-state index is 0.0353. The predicted octanol–water partition coefficient (Wildman–Crippen LogP) is 2.45. The van der Waals surface area contributed by atoms with Gasteiger partial charge in [0.15, 0.2) is 0 Å². The highest BCUT2D eigenvalue weighted by Crippen LogP contribution is 2.14. The molecule has 1 aromatic carbocycles. The van der Waals surface area contributed by atoms with Gasteiger partial charge in [0.2, 0.25) is 15.9 Å². The summed E-state index contributed by atoms with van der Waals surface area (Å²) < 4.78 is 26.0. The van der Waals surface area contributed by atoms with Gasteiger partial charge in [-0.25, -0.2) is 12.7 Å². The molecule has 1 N–H and O–H groups in total. The van der Waals surface area contributed by atoms with Gasteiger partial charge in [-0.2, -0.15) is 0 Å². The number of carbonyl (C=O) groups is 1. The van der Waals surface area contributed by atoms with Crippen LogP contribution >= 0.6 is 11.6 Å². The average molecular weight is 373 g/mol. The molecular formula is C17H25ClN2O3S. The van der Waals surface area contributed by atoms with Gasteiger partial charge in [0.1, 0.15) is 0 Å². The van der Waals surface area contributed by atoms with Crippen molar-refractivity contribution in [3.63, 3.8) is 0 Å². The molecule has 1 atom stereocenters. The fraction of sp³-hybridized carbons (Fsp3) is 0.588. The smallest absolute Gasteiger partial charge is 0.223 e. The first-order valence-corrected chi connectivity index (χ1v) is 10.4. The highest BCUT2D eigenvalue weighted by Gasteiger charge is 2.24. The zero-order chi connectivity index (χ0) is 17.6. The molecule has 0 aliphatic carbocycles. The molecule has 1 saturated heterocycles. The summed E-state index contributed by atoms with van der Waals surface area (Å²) in [6, 6.07) is 7.39. The van der Waals surface area contributed by atoms with Crippen LogP contribution < -0.4 is 5.32 Å². The van der Waals surface area contributed by atoms with E-state index in [0.717, 1.165) is 24.8 Å². The van der Waals surface area contributed by atoms with Crippen LogP contribution in [-0.4, -0.2) is 44.0 Å². The Morgan fingerprint density at radius 2 is 1.83 bits per heavy atom. The summed E-state index contributed by atoms with van der Waals surface area (Å²) in [6.45, 7) is 3.19. The summed E-state index contributed by atoms with van der Waals surface area (Å²) >= 11 is 5.85. The lowest BCUT2D eigenvalue weighted by molar-refractivity contribution is -0.124. The molecule has 0 radical (unpaired) electrons. The van der Waals surface area contributed by atoms with Crippen LogP contribution in [0.1, 0.15) is 31.7 Å². The molecule has 2 rings (SSSR count). The summed E-state index contributed by atoms with van der Waals surface area (Å²) in [5, 5.41) is 3.40. The first kappa shape index (κ1) is 19.2. The number of nitrogens with zero attached hydrogens (tertiary/aromatic N) is 1. The molecule has 1 aromatic rings. The van der Waals surface area contributed by atoms with Crippen LogP contribution in [0, 0.1) is 5.92 Å². The van der Waals surface area contributed by atoms with Gasteiger partial charge in [-0.05, 0) is 37.0 Å². The van der Waals surface area contributed by atoms with Gasteiger partial charge < -0.3 is 5.32 Å². The number of benzene rings is 1. The van der Waals surface area contributed by atoms with Crippen LogP contribution in [0.5, 0.6) is 0 Å². The molecule has 1 amide bonds. The number of rotatable bonds is 7. The lowest BCUT2D eigenvalue weighted by Gasteiger charge is -2.26. The number of amides is 1. The minimum Gasteiger partial charge on any atom is -0.355 e. The Balaban J connectivity index is 1.76. The average Bonchev–Trinajstić information content (AvgIpc) is 2.57. The molecule has 7 heteroatoms. The Morgan fingerprint density at radius 1 is 1.21 bits per heavy atom. The second-order valence-electron chi connectivity index (χ2n) is 6.30. The maximum atomic E-state index is 12.2. The molecule has 0 bridgehead atoms. The predicted molar refractivity (Wildman–Crippen MR) is 96.5 cm³/mol. The van der Waals surface area contributed by atoms with Crippen molar-refractivity contribution in [3.8, 4) is 0 Å². The molecule has 1 heterocycles. The van der Waals surface area contributed by atoms with Gasteiger partial charge in [0.05, 0.1) is 5.75 Å². The van der Waals surface area contributed by atoms with Crippen molar-refractivity contribution in [1.29, 1.82) is 0 Å². The number of sulfonamides is 1. The fourth-order valence-corrected chi connectivity index (χ4v) is 4.38. The third kappa shape index (κ3) is 5.76. The monoisotopic (exact) mass is 372 g/mol. The minimum atomic E-state index is -3.26. The fourth-order valence-electron chi connectivity index (χ4n) is 2.82. The van der Waals surface area contributed by atoms with Gasteiger partial charge in [-0.15, -0.1) is 0 Å². The quantitative estimate of drug-likeness (QED) is 0.799. The van der Waals surface area contributed by atoms with E-state index < -0.39 is 10.0 Å². The molecule has 1 aliphatic rings. The lowest BCUT2D eigenvalue weighted by Crippen LogP contribution is -2.41. The zero-order valence-electron chi connectivity index (χ0n) is 14.0. The highest BCUT2D eigenvalue weighted by molar-refractivity contribution is 7.89. The van der Waals surface area contributed by atoms with E-state index in [2.05, 4.69) is 5.32 Å². The topological polar surface area (TPSA) is 66.5 Å². The number of nitrogens with one attached hydrogen (secondary N) is 1. The Bertz CT molecular complexity index is 640. The lowest BCUT2D eigenvalue weighted by atomic mass is 10.0. The third-order valence-corrected chi connectivity index (χ3v) is 6.39. The zero-order valence-corrected chi connectivity index (χ0v) is 15.6. The van der Waals surface area contributed by atoms with Gasteiger partial charge in [0, 0.05) is 30.6 Å². The van der Waals surface area contributed by atoms with Crippen molar-refractivity contribution in [3.05, 3.63) is 34.9 Å². The van der Waals surface area contributed by atoms with Crippen molar-refractivity contribution >= 4 is 27.5 Å². The number of carbonyl (C=O) groups excluding carboxylic acids is 1. The molecule has 134 valence electrons. The van der Waals surface area contributed by atoms with Crippen molar-refractivity contribution in [2.45, 2.75) is 32.6 Å². The Morgan fingerprint density at radius 3 is 2.46 bits per heavy atom. The molecule has 5 nitrogen and oxygen atoms in total. The Kier molecular flexibility index (Phi) is 7.07. The second kappa shape index (κ2) is 8.83. The largest absolute Gasteiger partial charge is 0.355 e. The van der Waals surface area contributed by atoms with E-state index in [1.165, 1.54) is 0 Å². The van der Waals surface area contributed by atoms with E-state index >= 15 is 0 Å². The van der Waals surface area contributed by atoms with E-state index in [4.69, 9.17) is 11.6 Å². The van der Waals surface area contributed by atoms with E-state index in [0.29, 0.717) is 24.5 Å². The summed E-state index contributed by atoms with van der Waals surface area (Å²) in [4.78, 5) is 12.1. The number of hydrogen-bond donors (Lipinski definition) is 1. The Hall–Kier alpha value is -1.11. The number of hydrogen-bond acceptors (Lipinski definition) is 3. The molecular weight excluding hydrogens is 348 g/mol. The molecule has 1 fully saturated rings. The van der Waals surface area contributed by atoms with Crippen molar-refractivity contribution in [2.24, 2.45) is 5.92 Å². The van der Waals surface area contributed by atoms with Gasteiger partial charge in [0.25, 0.3) is 0 Å². The summed E-state index contributed by atoms with van der Waals surface area (Å²) in [5.74, 6) is -0.380. The second-order valence-corrected chi connectivity index (χ2v) is 8.82. The standard InChI is InChI=1S/C17H25ClN2O3S/c1-14(13-15-5-7-16(18)8-6-15)17(21)19-9-12-24(22,23)20-10-3-2-4-11-20/h5-8,14H,2-4,9-13H2,1H3,(H,19,21). The van der Waals surface area contributed by atoms with Crippen molar-refractivity contribution < 1.29 is 13.2 Å². The van der Waals surface area contributed by atoms with Crippen LogP contribution in [0.2, 0.25) is 5.02 Å². The highest BCUT2D eigenvalue weighted by atomic mass is 35.5. The molecule has 1 aliphatic heterocycles. The van der Waals surface area contributed by atoms with Gasteiger partial charge in [-0.1, -0.05) is 37.1 Å². The van der Waals surface area contributed by atoms with E-state index in [1.54, 1.807) is 16.4 Å². The normalized spacial score (nSPS) is 17.4. The van der Waals surface area contributed by atoms with Crippen LogP contribution in [0.25, 0.3) is 0 Å². The Labute approximate surface area is 149 Å². The maximum Gasteiger partial charge on any atom is 0.223 e. The SMILES string of the molecule is CC(Cc1ccc(Cl)cc1)C(=O)NCCS(=O)(=O)N1CCCCC1. The van der Waals surface area contributed by atoms with E-state index in [1.807, 2.05) is 19.1 Å². The molecule has 0 saturated carbocycles. The van der Waals surface area contributed by atoms with E-state index in [9.17, 15) is 13.2 Å².